The van der Waals surface area contributed by atoms with Gasteiger partial charge in [-0.25, -0.2) is 4.98 Å². The fourth-order valence-electron chi connectivity index (χ4n) is 1.43. The zero-order chi connectivity index (χ0) is 12.3. The van der Waals surface area contributed by atoms with E-state index < -0.39 is 0 Å². The van der Waals surface area contributed by atoms with Crippen LogP contribution in [0.15, 0.2) is 23.6 Å². The van der Waals surface area contributed by atoms with Gasteiger partial charge < -0.3 is 5.32 Å². The third kappa shape index (κ3) is 3.19. The molecule has 1 aromatic heterocycles. The molecule has 0 aliphatic heterocycles. The third-order valence-electron chi connectivity index (χ3n) is 2.27. The topological polar surface area (TPSA) is 24.9 Å². The number of halogens is 2. The second kappa shape index (κ2) is 5.83. The molecule has 0 fully saturated rings. The van der Waals surface area contributed by atoms with Crippen LogP contribution in [0.1, 0.15) is 12.6 Å². The fourth-order valence-corrected chi connectivity index (χ4v) is 2.84. The number of nitrogens with one attached hydrogen (secondary N) is 1. The van der Waals surface area contributed by atoms with Crippen molar-refractivity contribution in [2.24, 2.45) is 0 Å². The van der Waals surface area contributed by atoms with Crippen molar-refractivity contribution in [2.75, 3.05) is 6.54 Å². The van der Waals surface area contributed by atoms with Crippen molar-refractivity contribution in [2.45, 2.75) is 13.5 Å². The highest BCUT2D eigenvalue weighted by molar-refractivity contribution is 7.13. The molecule has 0 atom stereocenters. The van der Waals surface area contributed by atoms with Gasteiger partial charge in [-0.2, -0.15) is 0 Å². The van der Waals surface area contributed by atoms with Gasteiger partial charge in [-0.1, -0.05) is 30.1 Å². The smallest absolute Gasteiger partial charge is 0.125 e. The van der Waals surface area contributed by atoms with Gasteiger partial charge in [-0.05, 0) is 24.7 Å². The second-order valence-corrected chi connectivity index (χ2v) is 5.25. The standard InChI is InChI=1S/C12H12Cl2N2S/c1-2-15-6-9-7-17-12(16-9)10-4-3-8(13)5-11(10)14/h3-5,7,15H,2,6H2,1H3. The quantitative estimate of drug-likeness (QED) is 0.910. The molecule has 2 rings (SSSR count). The van der Waals surface area contributed by atoms with Gasteiger partial charge in [0, 0.05) is 22.5 Å². The van der Waals surface area contributed by atoms with Gasteiger partial charge in [0.15, 0.2) is 0 Å². The molecule has 0 spiro atoms. The second-order valence-electron chi connectivity index (χ2n) is 3.55. The van der Waals surface area contributed by atoms with E-state index in [0.29, 0.717) is 10.0 Å². The van der Waals surface area contributed by atoms with Gasteiger partial charge in [0.1, 0.15) is 5.01 Å². The summed E-state index contributed by atoms with van der Waals surface area (Å²) in [5, 5.41) is 7.50. The average Bonchev–Trinajstić information content (AvgIpc) is 2.75. The van der Waals surface area contributed by atoms with Gasteiger partial charge in [0.05, 0.1) is 10.7 Å². The van der Waals surface area contributed by atoms with Crippen LogP contribution in [0, 0.1) is 0 Å². The van der Waals surface area contributed by atoms with Crippen LogP contribution in [0.5, 0.6) is 0 Å². The van der Waals surface area contributed by atoms with Crippen molar-refractivity contribution in [3.8, 4) is 10.6 Å². The summed E-state index contributed by atoms with van der Waals surface area (Å²) >= 11 is 13.6. The van der Waals surface area contributed by atoms with E-state index in [2.05, 4.69) is 17.2 Å². The van der Waals surface area contributed by atoms with E-state index in [1.807, 2.05) is 17.5 Å². The van der Waals surface area contributed by atoms with Crippen molar-refractivity contribution in [3.63, 3.8) is 0 Å². The lowest BCUT2D eigenvalue weighted by Crippen LogP contribution is -2.11. The van der Waals surface area contributed by atoms with E-state index in [1.165, 1.54) is 0 Å². The fraction of sp³-hybridized carbons (Fsp3) is 0.250. The highest BCUT2D eigenvalue weighted by Gasteiger charge is 2.08. The van der Waals surface area contributed by atoms with Crippen LogP contribution in [-0.4, -0.2) is 11.5 Å². The number of benzene rings is 1. The van der Waals surface area contributed by atoms with Crippen LogP contribution in [0.25, 0.3) is 10.6 Å². The summed E-state index contributed by atoms with van der Waals surface area (Å²) in [5.74, 6) is 0. The molecule has 0 bridgehead atoms. The SMILES string of the molecule is CCNCc1csc(-c2ccc(Cl)cc2Cl)n1. The Morgan fingerprint density at radius 3 is 2.88 bits per heavy atom. The van der Waals surface area contributed by atoms with Crippen molar-refractivity contribution >= 4 is 34.5 Å². The molecule has 90 valence electrons. The van der Waals surface area contributed by atoms with Crippen molar-refractivity contribution in [1.82, 2.24) is 10.3 Å². The summed E-state index contributed by atoms with van der Waals surface area (Å²) in [4.78, 5) is 4.54. The molecule has 0 aliphatic rings. The molecule has 0 amide bonds. The Kier molecular flexibility index (Phi) is 4.40. The first kappa shape index (κ1) is 12.8. The van der Waals surface area contributed by atoms with E-state index in [1.54, 1.807) is 17.4 Å². The molecule has 0 radical (unpaired) electrons. The van der Waals surface area contributed by atoms with Gasteiger partial charge in [0.2, 0.25) is 0 Å². The van der Waals surface area contributed by atoms with E-state index in [0.717, 1.165) is 29.4 Å². The molecular formula is C12H12Cl2N2S. The first-order valence-corrected chi connectivity index (χ1v) is 6.95. The van der Waals surface area contributed by atoms with E-state index >= 15 is 0 Å². The Morgan fingerprint density at radius 2 is 2.18 bits per heavy atom. The van der Waals surface area contributed by atoms with Crippen molar-refractivity contribution in [3.05, 3.63) is 39.3 Å². The summed E-state index contributed by atoms with van der Waals surface area (Å²) in [5.41, 5.74) is 1.97. The van der Waals surface area contributed by atoms with Crippen LogP contribution in [0.2, 0.25) is 10.0 Å². The number of hydrogen-bond acceptors (Lipinski definition) is 3. The van der Waals surface area contributed by atoms with Gasteiger partial charge in [-0.3, -0.25) is 0 Å². The first-order valence-electron chi connectivity index (χ1n) is 5.31. The van der Waals surface area contributed by atoms with Gasteiger partial charge >= 0.3 is 0 Å². The van der Waals surface area contributed by atoms with E-state index in [9.17, 15) is 0 Å². The minimum absolute atomic E-state index is 0.641. The average molecular weight is 287 g/mol. The normalized spacial score (nSPS) is 10.8. The molecule has 1 heterocycles. The molecule has 0 unspecified atom stereocenters. The highest BCUT2D eigenvalue weighted by Crippen LogP contribution is 2.32. The van der Waals surface area contributed by atoms with Crippen LogP contribution < -0.4 is 5.32 Å². The zero-order valence-corrected chi connectivity index (χ0v) is 11.7. The Morgan fingerprint density at radius 1 is 1.35 bits per heavy atom. The summed E-state index contributed by atoms with van der Waals surface area (Å²) in [6, 6.07) is 5.47. The lowest BCUT2D eigenvalue weighted by molar-refractivity contribution is 0.715. The molecule has 1 N–H and O–H groups in total. The Labute approximate surface area is 115 Å². The highest BCUT2D eigenvalue weighted by atomic mass is 35.5. The van der Waals surface area contributed by atoms with Gasteiger partial charge in [0.25, 0.3) is 0 Å². The molecule has 0 saturated heterocycles. The molecule has 2 nitrogen and oxygen atoms in total. The van der Waals surface area contributed by atoms with Crippen molar-refractivity contribution in [1.29, 1.82) is 0 Å². The monoisotopic (exact) mass is 286 g/mol. The largest absolute Gasteiger partial charge is 0.311 e. The number of nitrogens with zero attached hydrogens (tertiary/aromatic N) is 1. The maximum atomic E-state index is 6.14. The molecule has 2 aromatic rings. The summed E-state index contributed by atoms with van der Waals surface area (Å²) in [6.07, 6.45) is 0. The third-order valence-corrected chi connectivity index (χ3v) is 3.74. The number of hydrogen-bond donors (Lipinski definition) is 1. The van der Waals surface area contributed by atoms with Crippen LogP contribution in [-0.2, 0) is 6.54 Å². The summed E-state index contributed by atoms with van der Waals surface area (Å²) in [7, 11) is 0. The Bertz CT molecular complexity index is 511. The molecular weight excluding hydrogens is 275 g/mol. The minimum Gasteiger partial charge on any atom is -0.311 e. The minimum atomic E-state index is 0.641. The maximum absolute atomic E-state index is 6.14. The first-order chi connectivity index (χ1) is 8.20. The number of rotatable bonds is 4. The lowest BCUT2D eigenvalue weighted by atomic mass is 10.2. The predicted octanol–water partition coefficient (Wildman–Crippen LogP) is 4.23. The zero-order valence-electron chi connectivity index (χ0n) is 9.34. The maximum Gasteiger partial charge on any atom is 0.125 e. The number of aromatic nitrogens is 1. The summed E-state index contributed by atoms with van der Waals surface area (Å²) in [6.45, 7) is 3.80. The van der Waals surface area contributed by atoms with Crippen LogP contribution in [0.4, 0.5) is 0 Å². The molecule has 0 saturated carbocycles. The van der Waals surface area contributed by atoms with Crippen LogP contribution in [0.3, 0.4) is 0 Å². The molecule has 17 heavy (non-hydrogen) atoms. The summed E-state index contributed by atoms with van der Waals surface area (Å²) < 4.78 is 0. The van der Waals surface area contributed by atoms with E-state index in [4.69, 9.17) is 23.2 Å². The number of thiazole rings is 1. The Balaban J connectivity index is 2.24. The molecule has 0 aliphatic carbocycles. The Hall–Kier alpha value is -0.610. The molecule has 1 aromatic carbocycles. The van der Waals surface area contributed by atoms with Crippen molar-refractivity contribution < 1.29 is 0 Å². The predicted molar refractivity (Wildman–Crippen MR) is 75.0 cm³/mol. The molecule has 5 heteroatoms. The van der Waals surface area contributed by atoms with Gasteiger partial charge in [-0.15, -0.1) is 11.3 Å². The lowest BCUT2D eigenvalue weighted by Gasteiger charge is -2.00. The van der Waals surface area contributed by atoms with E-state index in [-0.39, 0.29) is 0 Å². The van der Waals surface area contributed by atoms with Crippen LogP contribution >= 0.6 is 34.5 Å².